The van der Waals surface area contributed by atoms with Gasteiger partial charge in [-0.25, -0.2) is 0 Å². The van der Waals surface area contributed by atoms with E-state index in [2.05, 4.69) is 36.8 Å². The van der Waals surface area contributed by atoms with Gasteiger partial charge >= 0.3 is 0 Å². The highest BCUT2D eigenvalue weighted by Crippen LogP contribution is 2.28. The molecule has 9 heteroatoms. The smallest absolute Gasteiger partial charge is 0.229 e. The number of allylic oxidation sites excluding steroid dienone is 1. The van der Waals surface area contributed by atoms with E-state index in [4.69, 9.17) is 4.52 Å². The van der Waals surface area contributed by atoms with Crippen molar-refractivity contribution in [2.24, 2.45) is 0 Å². The number of nitrogens with one attached hydrogen (secondary N) is 1. The fourth-order valence-electron chi connectivity index (χ4n) is 2.78. The van der Waals surface area contributed by atoms with Gasteiger partial charge in [-0.3, -0.25) is 0 Å². The number of hydrogen-bond donors (Lipinski definition) is 1. The first-order valence-corrected chi connectivity index (χ1v) is 9.37. The Morgan fingerprint density at radius 3 is 2.76 bits per heavy atom. The van der Waals surface area contributed by atoms with Gasteiger partial charge < -0.3 is 14.4 Å². The zero-order valence-corrected chi connectivity index (χ0v) is 16.3. The van der Waals surface area contributed by atoms with Crippen LogP contribution in [0.2, 0.25) is 0 Å². The van der Waals surface area contributed by atoms with Gasteiger partial charge in [0.1, 0.15) is 5.82 Å². The maximum atomic E-state index is 5.25. The molecule has 0 spiro atoms. The molecular formula is C16H25ClN6OS. The fourth-order valence-corrected chi connectivity index (χ4v) is 3.58. The van der Waals surface area contributed by atoms with E-state index in [0.717, 1.165) is 43.5 Å². The minimum atomic E-state index is 0. The third-order valence-electron chi connectivity index (χ3n) is 4.07. The minimum Gasteiger partial charge on any atom is -0.339 e. The summed E-state index contributed by atoms with van der Waals surface area (Å²) in [7, 11) is 0. The average molecular weight is 385 g/mol. The van der Waals surface area contributed by atoms with Gasteiger partial charge in [0.25, 0.3) is 0 Å². The van der Waals surface area contributed by atoms with Gasteiger partial charge in [-0.15, -0.1) is 29.2 Å². The number of piperidine rings is 1. The Morgan fingerprint density at radius 1 is 1.36 bits per heavy atom. The second kappa shape index (κ2) is 9.35. The zero-order chi connectivity index (χ0) is 16.9. The summed E-state index contributed by atoms with van der Waals surface area (Å²) < 4.78 is 7.42. The average Bonchev–Trinajstić information content (AvgIpc) is 3.21. The molecule has 1 N–H and O–H groups in total. The van der Waals surface area contributed by atoms with Crippen LogP contribution in [0, 0.1) is 0 Å². The number of hydrogen-bond acceptors (Lipinski definition) is 7. The molecule has 7 nitrogen and oxygen atoms in total. The Hall–Kier alpha value is -1.38. The molecule has 1 aliphatic heterocycles. The maximum Gasteiger partial charge on any atom is 0.229 e. The summed E-state index contributed by atoms with van der Waals surface area (Å²) in [5, 5.41) is 17.2. The lowest BCUT2D eigenvalue weighted by atomic mass is 9.97. The van der Waals surface area contributed by atoms with Crippen LogP contribution in [0.4, 0.5) is 0 Å². The standard InChI is InChI=1S/C16H24N6OS.ClH/c1-4-9-22-14(12-5-7-17-8-6-12)19-20-16(22)24-10-13-18-15(11(2)3)23-21-13;/h4,11-12,17H,1,5-10H2,2-3H3;1H. The number of thioether (sulfide) groups is 1. The molecule has 0 aromatic carbocycles. The van der Waals surface area contributed by atoms with E-state index >= 15 is 0 Å². The molecule has 3 rings (SSSR count). The summed E-state index contributed by atoms with van der Waals surface area (Å²) in [6.45, 7) is 10.7. The van der Waals surface area contributed by atoms with Crippen molar-refractivity contribution in [3.8, 4) is 0 Å². The van der Waals surface area contributed by atoms with Gasteiger partial charge in [-0.2, -0.15) is 4.98 Å². The largest absolute Gasteiger partial charge is 0.339 e. The molecule has 1 fully saturated rings. The van der Waals surface area contributed by atoms with Crippen molar-refractivity contribution in [1.29, 1.82) is 0 Å². The summed E-state index contributed by atoms with van der Waals surface area (Å²) in [6, 6.07) is 0. The van der Waals surface area contributed by atoms with E-state index in [9.17, 15) is 0 Å². The molecule has 2 aromatic rings. The summed E-state index contributed by atoms with van der Waals surface area (Å²) in [4.78, 5) is 4.41. The Morgan fingerprint density at radius 2 is 2.12 bits per heavy atom. The Labute approximate surface area is 158 Å². The summed E-state index contributed by atoms with van der Waals surface area (Å²) in [5.41, 5.74) is 0. The van der Waals surface area contributed by atoms with E-state index in [-0.39, 0.29) is 18.3 Å². The molecule has 1 saturated heterocycles. The zero-order valence-electron chi connectivity index (χ0n) is 14.6. The van der Waals surface area contributed by atoms with E-state index < -0.39 is 0 Å². The minimum absolute atomic E-state index is 0. The molecule has 0 radical (unpaired) electrons. The Kier molecular flexibility index (Phi) is 7.46. The van der Waals surface area contributed by atoms with E-state index in [0.29, 0.717) is 23.4 Å². The van der Waals surface area contributed by atoms with Crippen LogP contribution in [0.15, 0.2) is 22.3 Å². The molecule has 0 amide bonds. The van der Waals surface area contributed by atoms with Gasteiger partial charge in [-0.1, -0.05) is 36.8 Å². The van der Waals surface area contributed by atoms with Crippen LogP contribution in [0.1, 0.15) is 56.1 Å². The molecule has 138 valence electrons. The SMILES string of the molecule is C=CCn1c(SCc2noc(C(C)C)n2)nnc1C1CCNCC1.Cl. The van der Waals surface area contributed by atoms with Crippen LogP contribution in [-0.2, 0) is 12.3 Å². The highest BCUT2D eigenvalue weighted by molar-refractivity contribution is 7.98. The second-order valence-corrected chi connectivity index (χ2v) is 7.20. The Bertz CT molecular complexity index is 680. The van der Waals surface area contributed by atoms with Gasteiger partial charge in [0, 0.05) is 18.4 Å². The number of halogens is 1. The normalized spacial score (nSPS) is 15.3. The molecule has 1 aliphatic rings. The van der Waals surface area contributed by atoms with Crippen LogP contribution < -0.4 is 5.32 Å². The third-order valence-corrected chi connectivity index (χ3v) is 5.03. The fraction of sp³-hybridized carbons (Fsp3) is 0.625. The molecule has 0 bridgehead atoms. The summed E-state index contributed by atoms with van der Waals surface area (Å²) in [5.74, 6) is 3.76. The molecule has 2 aromatic heterocycles. The van der Waals surface area contributed by atoms with Crippen LogP contribution in [0.5, 0.6) is 0 Å². The van der Waals surface area contributed by atoms with Gasteiger partial charge in [0.2, 0.25) is 5.89 Å². The van der Waals surface area contributed by atoms with Crippen molar-refractivity contribution in [3.05, 3.63) is 30.2 Å². The lowest BCUT2D eigenvalue weighted by molar-refractivity contribution is 0.362. The topological polar surface area (TPSA) is 81.7 Å². The maximum absolute atomic E-state index is 5.25. The number of nitrogens with zero attached hydrogens (tertiary/aromatic N) is 5. The molecule has 0 aliphatic carbocycles. The molecule has 25 heavy (non-hydrogen) atoms. The van der Waals surface area contributed by atoms with Crippen molar-refractivity contribution in [1.82, 2.24) is 30.2 Å². The summed E-state index contributed by atoms with van der Waals surface area (Å²) in [6.07, 6.45) is 4.09. The highest BCUT2D eigenvalue weighted by Gasteiger charge is 2.23. The van der Waals surface area contributed by atoms with Crippen molar-refractivity contribution in [2.75, 3.05) is 13.1 Å². The lowest BCUT2D eigenvalue weighted by Crippen LogP contribution is -2.28. The lowest BCUT2D eigenvalue weighted by Gasteiger charge is -2.22. The summed E-state index contributed by atoms with van der Waals surface area (Å²) >= 11 is 1.59. The van der Waals surface area contributed by atoms with Crippen LogP contribution in [0.25, 0.3) is 0 Å². The molecule has 0 unspecified atom stereocenters. The van der Waals surface area contributed by atoms with Crippen LogP contribution >= 0.6 is 24.2 Å². The molecule has 0 atom stereocenters. The van der Waals surface area contributed by atoms with Gasteiger partial charge in [0.15, 0.2) is 11.0 Å². The molecule has 3 heterocycles. The highest BCUT2D eigenvalue weighted by atomic mass is 35.5. The van der Waals surface area contributed by atoms with Crippen LogP contribution in [0.3, 0.4) is 0 Å². The van der Waals surface area contributed by atoms with Gasteiger partial charge in [0.05, 0.1) is 5.75 Å². The number of rotatable bonds is 7. The predicted octanol–water partition coefficient (Wildman–Crippen LogP) is 3.15. The second-order valence-electron chi connectivity index (χ2n) is 6.26. The first-order chi connectivity index (χ1) is 11.7. The van der Waals surface area contributed by atoms with Crippen molar-refractivity contribution >= 4 is 24.2 Å². The molecular weight excluding hydrogens is 360 g/mol. The predicted molar refractivity (Wildman–Crippen MR) is 100 cm³/mol. The monoisotopic (exact) mass is 384 g/mol. The molecule has 0 saturated carbocycles. The van der Waals surface area contributed by atoms with Crippen molar-refractivity contribution in [2.45, 2.75) is 56.0 Å². The first-order valence-electron chi connectivity index (χ1n) is 8.39. The van der Waals surface area contributed by atoms with Gasteiger partial charge in [-0.05, 0) is 25.9 Å². The van der Waals surface area contributed by atoms with Crippen LogP contribution in [-0.4, -0.2) is 38.0 Å². The van der Waals surface area contributed by atoms with Crippen molar-refractivity contribution < 1.29 is 4.52 Å². The van der Waals surface area contributed by atoms with Crippen molar-refractivity contribution in [3.63, 3.8) is 0 Å². The van der Waals surface area contributed by atoms with E-state index in [1.165, 1.54) is 0 Å². The third kappa shape index (κ3) is 4.83. The van der Waals surface area contributed by atoms with E-state index in [1.807, 2.05) is 19.9 Å². The number of aromatic nitrogens is 5. The first kappa shape index (κ1) is 19.9. The quantitative estimate of drug-likeness (QED) is 0.580. The Balaban J connectivity index is 0.00000225. The van der Waals surface area contributed by atoms with E-state index in [1.54, 1.807) is 11.8 Å².